The summed E-state index contributed by atoms with van der Waals surface area (Å²) in [4.78, 5) is 15.8. The number of rotatable bonds is 2. The molecule has 2 aliphatic rings. The molecule has 0 bridgehead atoms. The van der Waals surface area contributed by atoms with Crippen molar-refractivity contribution in [3.8, 4) is 0 Å². The van der Waals surface area contributed by atoms with Crippen molar-refractivity contribution in [3.63, 3.8) is 0 Å². The van der Waals surface area contributed by atoms with Gasteiger partial charge in [0.05, 0.1) is 5.69 Å². The molecule has 21 heavy (non-hydrogen) atoms. The fourth-order valence-corrected chi connectivity index (χ4v) is 3.10. The van der Waals surface area contributed by atoms with Gasteiger partial charge in [-0.3, -0.25) is 9.69 Å². The molecule has 2 N–H and O–H groups in total. The van der Waals surface area contributed by atoms with E-state index < -0.39 is 12.0 Å². The molecule has 2 aliphatic heterocycles. The number of likely N-dealkylation sites (N-methyl/N-ethyl adjacent to an activating group) is 1. The number of piperazine rings is 1. The smallest absolute Gasteiger partial charge is 0.257 e. The van der Waals surface area contributed by atoms with Gasteiger partial charge in [-0.2, -0.15) is 0 Å². The molecule has 0 aromatic heterocycles. The third-order valence-electron chi connectivity index (χ3n) is 4.51. The van der Waals surface area contributed by atoms with Crippen LogP contribution in [0.15, 0.2) is 12.1 Å². The zero-order chi connectivity index (χ0) is 15.1. The average Bonchev–Trinajstić information content (AvgIpc) is 2.74. The van der Waals surface area contributed by atoms with Crippen molar-refractivity contribution in [3.05, 3.63) is 23.5 Å². The number of anilines is 2. The SMILES string of the molecule is CCC1CN(c2cc3c(cc2F)C(O)C(=O)N3)CCN1C. The van der Waals surface area contributed by atoms with Crippen molar-refractivity contribution < 1.29 is 14.3 Å². The van der Waals surface area contributed by atoms with E-state index in [1.807, 2.05) is 4.90 Å². The molecule has 2 atom stereocenters. The van der Waals surface area contributed by atoms with Gasteiger partial charge < -0.3 is 15.3 Å². The van der Waals surface area contributed by atoms with Gasteiger partial charge in [-0.05, 0) is 25.6 Å². The van der Waals surface area contributed by atoms with E-state index in [0.717, 1.165) is 26.1 Å². The highest BCUT2D eigenvalue weighted by Gasteiger charge is 2.32. The van der Waals surface area contributed by atoms with Gasteiger partial charge in [-0.25, -0.2) is 4.39 Å². The van der Waals surface area contributed by atoms with Crippen LogP contribution in [0.1, 0.15) is 25.0 Å². The molecule has 6 heteroatoms. The molecule has 1 aromatic carbocycles. The summed E-state index contributed by atoms with van der Waals surface area (Å²) >= 11 is 0. The summed E-state index contributed by atoms with van der Waals surface area (Å²) in [6, 6.07) is 3.30. The minimum Gasteiger partial charge on any atom is -0.378 e. The number of aliphatic hydroxyl groups excluding tert-OH is 1. The normalized spacial score (nSPS) is 25.9. The molecule has 1 aromatic rings. The van der Waals surface area contributed by atoms with E-state index in [2.05, 4.69) is 24.2 Å². The van der Waals surface area contributed by atoms with Gasteiger partial charge in [0.25, 0.3) is 5.91 Å². The van der Waals surface area contributed by atoms with Crippen molar-refractivity contribution in [2.24, 2.45) is 0 Å². The molecule has 5 nitrogen and oxygen atoms in total. The zero-order valence-electron chi connectivity index (χ0n) is 12.3. The standard InChI is InChI=1S/C15H20FN3O2/c1-3-9-8-19(5-4-18(9)2)13-7-12-10(6-11(13)16)14(20)15(21)17-12/h6-7,9,14,20H,3-5,8H2,1-2H3,(H,17,21). The summed E-state index contributed by atoms with van der Waals surface area (Å²) < 4.78 is 14.4. The third-order valence-corrected chi connectivity index (χ3v) is 4.51. The quantitative estimate of drug-likeness (QED) is 0.864. The van der Waals surface area contributed by atoms with E-state index in [1.54, 1.807) is 6.07 Å². The number of amides is 1. The van der Waals surface area contributed by atoms with Gasteiger partial charge in [0, 0.05) is 36.9 Å². The topological polar surface area (TPSA) is 55.8 Å². The van der Waals surface area contributed by atoms with E-state index in [4.69, 9.17) is 0 Å². The molecule has 0 saturated carbocycles. The molecule has 0 spiro atoms. The predicted octanol–water partition coefficient (Wildman–Crippen LogP) is 1.34. The Kier molecular flexibility index (Phi) is 3.59. The maximum atomic E-state index is 14.4. The molecule has 0 aliphatic carbocycles. The van der Waals surface area contributed by atoms with Crippen LogP contribution in [-0.2, 0) is 4.79 Å². The van der Waals surface area contributed by atoms with E-state index >= 15 is 0 Å². The molecule has 1 amide bonds. The number of hydrogen-bond donors (Lipinski definition) is 2. The van der Waals surface area contributed by atoms with Gasteiger partial charge in [0.1, 0.15) is 5.82 Å². The average molecular weight is 293 g/mol. The largest absolute Gasteiger partial charge is 0.378 e. The Morgan fingerprint density at radius 2 is 2.19 bits per heavy atom. The Labute approximate surface area is 123 Å². The number of carbonyl (C=O) groups is 1. The van der Waals surface area contributed by atoms with Crippen LogP contribution in [-0.4, -0.2) is 48.6 Å². The van der Waals surface area contributed by atoms with Gasteiger partial charge in [0.15, 0.2) is 6.10 Å². The number of nitrogens with one attached hydrogen (secondary N) is 1. The number of nitrogens with zero attached hydrogens (tertiary/aromatic N) is 2. The highest BCUT2D eigenvalue weighted by atomic mass is 19.1. The summed E-state index contributed by atoms with van der Waals surface area (Å²) in [7, 11) is 2.08. The van der Waals surface area contributed by atoms with Gasteiger partial charge in [0.2, 0.25) is 0 Å². The summed E-state index contributed by atoms with van der Waals surface area (Å²) in [6.07, 6.45) is -0.255. The molecule has 0 radical (unpaired) electrons. The molecule has 1 fully saturated rings. The van der Waals surface area contributed by atoms with Crippen LogP contribution in [0.2, 0.25) is 0 Å². The lowest BCUT2D eigenvalue weighted by Crippen LogP contribution is -2.51. The monoisotopic (exact) mass is 293 g/mol. The minimum atomic E-state index is -1.26. The number of aliphatic hydroxyl groups is 1. The molecular weight excluding hydrogens is 273 g/mol. The summed E-state index contributed by atoms with van der Waals surface area (Å²) in [5.41, 5.74) is 1.33. The first-order valence-corrected chi connectivity index (χ1v) is 7.28. The van der Waals surface area contributed by atoms with Gasteiger partial charge >= 0.3 is 0 Å². The summed E-state index contributed by atoms with van der Waals surface area (Å²) in [6.45, 7) is 4.52. The third kappa shape index (κ3) is 2.38. The summed E-state index contributed by atoms with van der Waals surface area (Å²) in [5, 5.41) is 12.3. The molecule has 2 unspecified atom stereocenters. The first kappa shape index (κ1) is 14.3. The second-order valence-corrected chi connectivity index (χ2v) is 5.77. The van der Waals surface area contributed by atoms with Crippen molar-refractivity contribution in [2.75, 3.05) is 36.9 Å². The Bertz CT molecular complexity index is 578. The van der Waals surface area contributed by atoms with Crippen molar-refractivity contribution in [1.29, 1.82) is 0 Å². The second kappa shape index (κ2) is 5.27. The second-order valence-electron chi connectivity index (χ2n) is 5.77. The van der Waals surface area contributed by atoms with Crippen LogP contribution in [0.25, 0.3) is 0 Å². The van der Waals surface area contributed by atoms with Crippen molar-refractivity contribution in [1.82, 2.24) is 4.90 Å². The molecule has 1 saturated heterocycles. The maximum Gasteiger partial charge on any atom is 0.257 e. The lowest BCUT2D eigenvalue weighted by molar-refractivity contribution is -0.123. The molecule has 2 heterocycles. The van der Waals surface area contributed by atoms with E-state index in [0.29, 0.717) is 23.0 Å². The number of hydrogen-bond acceptors (Lipinski definition) is 4. The molecule has 3 rings (SSSR count). The number of fused-ring (bicyclic) bond motifs is 1. The van der Waals surface area contributed by atoms with E-state index in [-0.39, 0.29) is 5.82 Å². The van der Waals surface area contributed by atoms with Gasteiger partial charge in [-0.1, -0.05) is 6.92 Å². The summed E-state index contributed by atoms with van der Waals surface area (Å²) in [5.74, 6) is -0.880. The lowest BCUT2D eigenvalue weighted by Gasteiger charge is -2.40. The number of halogens is 1. The van der Waals surface area contributed by atoms with Crippen LogP contribution in [0.5, 0.6) is 0 Å². The molecular formula is C15H20FN3O2. The first-order valence-electron chi connectivity index (χ1n) is 7.28. The van der Waals surface area contributed by atoms with E-state index in [9.17, 15) is 14.3 Å². The van der Waals surface area contributed by atoms with Crippen LogP contribution in [0.3, 0.4) is 0 Å². The fraction of sp³-hybridized carbons (Fsp3) is 0.533. The Morgan fingerprint density at radius 3 is 2.90 bits per heavy atom. The first-order chi connectivity index (χ1) is 10.0. The Balaban J connectivity index is 1.90. The highest BCUT2D eigenvalue weighted by Crippen LogP contribution is 2.36. The van der Waals surface area contributed by atoms with Crippen LogP contribution in [0.4, 0.5) is 15.8 Å². The molecule has 114 valence electrons. The van der Waals surface area contributed by atoms with E-state index in [1.165, 1.54) is 6.07 Å². The van der Waals surface area contributed by atoms with Gasteiger partial charge in [-0.15, -0.1) is 0 Å². The minimum absolute atomic E-state index is 0.322. The zero-order valence-corrected chi connectivity index (χ0v) is 12.3. The Morgan fingerprint density at radius 1 is 1.43 bits per heavy atom. The fourth-order valence-electron chi connectivity index (χ4n) is 3.10. The number of benzene rings is 1. The van der Waals surface area contributed by atoms with Crippen molar-refractivity contribution >= 4 is 17.3 Å². The lowest BCUT2D eigenvalue weighted by atomic mass is 10.1. The van der Waals surface area contributed by atoms with Crippen LogP contribution >= 0.6 is 0 Å². The van der Waals surface area contributed by atoms with Crippen LogP contribution < -0.4 is 10.2 Å². The number of carbonyl (C=O) groups excluding carboxylic acids is 1. The van der Waals surface area contributed by atoms with Crippen LogP contribution in [0, 0.1) is 5.82 Å². The maximum absolute atomic E-state index is 14.4. The highest BCUT2D eigenvalue weighted by molar-refractivity contribution is 6.02. The Hall–Kier alpha value is -1.66. The van der Waals surface area contributed by atoms with Crippen molar-refractivity contribution in [2.45, 2.75) is 25.5 Å². The predicted molar refractivity (Wildman–Crippen MR) is 78.9 cm³/mol.